The highest BCUT2D eigenvalue weighted by Crippen LogP contribution is 2.16. The number of halogens is 2. The fraction of sp³-hybridized carbons (Fsp3) is 0.357. The molecule has 0 aliphatic carbocycles. The van der Waals surface area contributed by atoms with E-state index >= 15 is 0 Å². The van der Waals surface area contributed by atoms with Crippen LogP contribution in [0.25, 0.3) is 0 Å². The van der Waals surface area contributed by atoms with E-state index in [0.717, 1.165) is 17.7 Å². The molecular weight excluding hydrogens is 262 g/mol. The lowest BCUT2D eigenvalue weighted by atomic mass is 10.1. The van der Waals surface area contributed by atoms with Gasteiger partial charge in [-0.25, -0.2) is 8.78 Å². The molecule has 1 atom stereocenters. The van der Waals surface area contributed by atoms with E-state index in [1.54, 1.807) is 10.9 Å². The van der Waals surface area contributed by atoms with Gasteiger partial charge in [-0.2, -0.15) is 5.10 Å². The van der Waals surface area contributed by atoms with Gasteiger partial charge in [-0.1, -0.05) is 6.07 Å². The summed E-state index contributed by atoms with van der Waals surface area (Å²) in [6.45, 7) is 1.24. The van der Waals surface area contributed by atoms with Crippen LogP contribution in [0.5, 0.6) is 0 Å². The number of rotatable bonds is 5. The van der Waals surface area contributed by atoms with E-state index in [9.17, 15) is 8.78 Å². The predicted octanol–water partition coefficient (Wildman–Crippen LogP) is 1.83. The van der Waals surface area contributed by atoms with Gasteiger partial charge in [0.2, 0.25) is 0 Å². The second-order valence-electron chi connectivity index (χ2n) is 5.00. The first-order valence-corrected chi connectivity index (χ1v) is 6.32. The number of aryl methyl sites for hydroxylation is 1. The molecule has 2 aromatic rings. The highest BCUT2D eigenvalue weighted by Gasteiger charge is 2.12. The van der Waals surface area contributed by atoms with Gasteiger partial charge >= 0.3 is 0 Å². The van der Waals surface area contributed by atoms with Gasteiger partial charge in [-0.15, -0.1) is 0 Å². The first-order valence-electron chi connectivity index (χ1n) is 6.32. The van der Waals surface area contributed by atoms with Crippen LogP contribution in [0.15, 0.2) is 30.6 Å². The zero-order chi connectivity index (χ0) is 14.7. The number of likely N-dealkylation sites (N-methyl/N-ethyl adjacent to an activating group) is 1. The van der Waals surface area contributed by atoms with Crippen LogP contribution < -0.4 is 5.73 Å². The molecule has 0 radical (unpaired) electrons. The maximum absolute atomic E-state index is 13.2. The molecule has 20 heavy (non-hydrogen) atoms. The first-order chi connectivity index (χ1) is 9.45. The number of benzene rings is 1. The van der Waals surface area contributed by atoms with Crippen LogP contribution in [0.4, 0.5) is 8.78 Å². The molecule has 108 valence electrons. The zero-order valence-corrected chi connectivity index (χ0v) is 11.6. The van der Waals surface area contributed by atoms with Crippen molar-refractivity contribution in [1.82, 2.24) is 14.7 Å². The van der Waals surface area contributed by atoms with Gasteiger partial charge in [-0.05, 0) is 24.7 Å². The SMILES string of the molecule is CN(Cc1cnn(C)c1)CC(N)c1ccc(F)c(F)c1. The molecule has 0 saturated carbocycles. The Kier molecular flexibility index (Phi) is 4.46. The van der Waals surface area contributed by atoms with Crippen molar-refractivity contribution >= 4 is 0 Å². The second kappa shape index (κ2) is 6.11. The molecule has 0 spiro atoms. The topological polar surface area (TPSA) is 47.1 Å². The summed E-state index contributed by atoms with van der Waals surface area (Å²) in [7, 11) is 3.78. The quantitative estimate of drug-likeness (QED) is 0.909. The van der Waals surface area contributed by atoms with Gasteiger partial charge in [-0.3, -0.25) is 4.68 Å². The average Bonchev–Trinajstić information content (AvgIpc) is 2.77. The monoisotopic (exact) mass is 280 g/mol. The van der Waals surface area contributed by atoms with Crippen molar-refractivity contribution in [2.75, 3.05) is 13.6 Å². The number of nitrogens with two attached hydrogens (primary N) is 1. The van der Waals surface area contributed by atoms with Gasteiger partial charge in [0.15, 0.2) is 11.6 Å². The Labute approximate surface area is 116 Å². The third-order valence-corrected chi connectivity index (χ3v) is 3.09. The van der Waals surface area contributed by atoms with Gasteiger partial charge in [0, 0.05) is 37.9 Å². The summed E-state index contributed by atoms with van der Waals surface area (Å²) in [5.74, 6) is -1.72. The molecule has 1 aromatic heterocycles. The molecule has 0 aliphatic heterocycles. The van der Waals surface area contributed by atoms with E-state index in [1.165, 1.54) is 6.07 Å². The Morgan fingerprint density at radius 2 is 2.10 bits per heavy atom. The van der Waals surface area contributed by atoms with Crippen molar-refractivity contribution in [2.45, 2.75) is 12.6 Å². The molecule has 1 aromatic carbocycles. The average molecular weight is 280 g/mol. The Morgan fingerprint density at radius 3 is 2.70 bits per heavy atom. The third kappa shape index (κ3) is 3.61. The summed E-state index contributed by atoms with van der Waals surface area (Å²) in [6.07, 6.45) is 3.72. The number of hydrogen-bond donors (Lipinski definition) is 1. The van der Waals surface area contributed by atoms with Crippen molar-refractivity contribution in [3.05, 3.63) is 53.4 Å². The van der Waals surface area contributed by atoms with E-state index in [-0.39, 0.29) is 6.04 Å². The van der Waals surface area contributed by atoms with Crippen LogP contribution in [-0.2, 0) is 13.6 Å². The normalized spacial score (nSPS) is 12.9. The molecule has 2 N–H and O–H groups in total. The van der Waals surface area contributed by atoms with E-state index in [1.807, 2.05) is 25.2 Å². The molecule has 2 rings (SSSR count). The molecule has 0 aliphatic rings. The summed E-state index contributed by atoms with van der Waals surface area (Å²) in [5.41, 5.74) is 7.68. The van der Waals surface area contributed by atoms with Crippen LogP contribution in [0.3, 0.4) is 0 Å². The Balaban J connectivity index is 1.96. The van der Waals surface area contributed by atoms with Gasteiger partial charge in [0.05, 0.1) is 6.20 Å². The number of nitrogens with zero attached hydrogens (tertiary/aromatic N) is 3. The van der Waals surface area contributed by atoms with Crippen molar-refractivity contribution in [2.24, 2.45) is 12.8 Å². The largest absolute Gasteiger partial charge is 0.323 e. The standard InChI is InChI=1S/C14H18F2N4/c1-19(7-10-6-18-20(2)8-10)9-14(17)11-3-4-12(15)13(16)5-11/h3-6,8,14H,7,9,17H2,1-2H3. The van der Waals surface area contributed by atoms with Gasteiger partial charge in [0.25, 0.3) is 0 Å². The fourth-order valence-corrected chi connectivity index (χ4v) is 2.11. The summed E-state index contributed by atoms with van der Waals surface area (Å²) in [5, 5.41) is 4.10. The maximum Gasteiger partial charge on any atom is 0.159 e. The zero-order valence-electron chi connectivity index (χ0n) is 11.6. The van der Waals surface area contributed by atoms with E-state index in [4.69, 9.17) is 5.73 Å². The Morgan fingerprint density at radius 1 is 1.35 bits per heavy atom. The van der Waals surface area contributed by atoms with E-state index in [0.29, 0.717) is 18.7 Å². The minimum absolute atomic E-state index is 0.369. The van der Waals surface area contributed by atoms with Gasteiger partial charge in [0.1, 0.15) is 0 Å². The third-order valence-electron chi connectivity index (χ3n) is 3.09. The number of aromatic nitrogens is 2. The first kappa shape index (κ1) is 14.6. The van der Waals surface area contributed by atoms with Gasteiger partial charge < -0.3 is 10.6 Å². The van der Waals surface area contributed by atoms with E-state index < -0.39 is 11.6 Å². The minimum atomic E-state index is -0.868. The van der Waals surface area contributed by atoms with Crippen LogP contribution in [-0.4, -0.2) is 28.3 Å². The van der Waals surface area contributed by atoms with Crippen molar-refractivity contribution in [1.29, 1.82) is 0 Å². The molecule has 1 unspecified atom stereocenters. The summed E-state index contributed by atoms with van der Waals surface area (Å²) >= 11 is 0. The van der Waals surface area contributed by atoms with Crippen LogP contribution in [0.1, 0.15) is 17.2 Å². The van der Waals surface area contributed by atoms with Crippen LogP contribution in [0.2, 0.25) is 0 Å². The summed E-state index contributed by atoms with van der Waals surface area (Å²) in [6, 6.07) is 3.40. The molecule has 6 heteroatoms. The summed E-state index contributed by atoms with van der Waals surface area (Å²) in [4.78, 5) is 2.02. The smallest absolute Gasteiger partial charge is 0.159 e. The maximum atomic E-state index is 13.2. The lowest BCUT2D eigenvalue weighted by molar-refractivity contribution is 0.305. The molecule has 4 nitrogen and oxygen atoms in total. The number of hydrogen-bond acceptors (Lipinski definition) is 3. The van der Waals surface area contributed by atoms with Crippen LogP contribution >= 0.6 is 0 Å². The van der Waals surface area contributed by atoms with Crippen molar-refractivity contribution in [3.63, 3.8) is 0 Å². The van der Waals surface area contributed by atoms with Crippen LogP contribution in [0, 0.1) is 11.6 Å². The summed E-state index contributed by atoms with van der Waals surface area (Å²) < 4.78 is 27.8. The highest BCUT2D eigenvalue weighted by atomic mass is 19.2. The Bertz CT molecular complexity index is 582. The fourth-order valence-electron chi connectivity index (χ4n) is 2.11. The molecular formula is C14H18F2N4. The molecule has 0 amide bonds. The lowest BCUT2D eigenvalue weighted by Gasteiger charge is -2.21. The molecule has 0 bridgehead atoms. The molecule has 0 fully saturated rings. The Hall–Kier alpha value is -1.79. The van der Waals surface area contributed by atoms with E-state index in [2.05, 4.69) is 5.10 Å². The second-order valence-corrected chi connectivity index (χ2v) is 5.00. The van der Waals surface area contributed by atoms with Crippen molar-refractivity contribution < 1.29 is 8.78 Å². The van der Waals surface area contributed by atoms with Crippen molar-refractivity contribution in [3.8, 4) is 0 Å². The molecule has 0 saturated heterocycles. The molecule has 1 heterocycles. The minimum Gasteiger partial charge on any atom is -0.323 e. The highest BCUT2D eigenvalue weighted by molar-refractivity contribution is 5.21. The lowest BCUT2D eigenvalue weighted by Crippen LogP contribution is -2.28. The predicted molar refractivity (Wildman–Crippen MR) is 72.8 cm³/mol.